The Morgan fingerprint density at radius 3 is 2.66 bits per heavy atom. The first-order valence-corrected chi connectivity index (χ1v) is 11.1. The molecule has 32 heavy (non-hydrogen) atoms. The van der Waals surface area contributed by atoms with E-state index in [1.807, 2.05) is 0 Å². The summed E-state index contributed by atoms with van der Waals surface area (Å²) in [4.78, 5) is 36.2. The lowest BCUT2D eigenvalue weighted by Gasteiger charge is -2.09. The van der Waals surface area contributed by atoms with Gasteiger partial charge < -0.3 is 23.9 Å². The second-order valence-corrected chi connectivity index (χ2v) is 8.29. The van der Waals surface area contributed by atoms with Gasteiger partial charge in [-0.15, -0.1) is 10.2 Å². The highest BCUT2D eigenvalue weighted by Gasteiger charge is 2.18. The number of thioether (sulfide) groups is 1. The van der Waals surface area contributed by atoms with E-state index in [1.165, 1.54) is 55.5 Å². The van der Waals surface area contributed by atoms with Crippen LogP contribution in [-0.2, 0) is 10.5 Å². The van der Waals surface area contributed by atoms with E-state index in [9.17, 15) is 14.4 Å². The predicted octanol–water partition coefficient (Wildman–Crippen LogP) is 3.37. The maximum Gasteiger partial charge on any atom is 0.347 e. The fourth-order valence-electron chi connectivity index (χ4n) is 2.37. The van der Waals surface area contributed by atoms with Crippen molar-refractivity contribution >= 4 is 40.1 Å². The largest absolute Gasteiger partial charge is 0.497 e. The number of aromatic nitrogens is 2. The number of amides is 1. The van der Waals surface area contributed by atoms with Gasteiger partial charge in [0.15, 0.2) is 4.34 Å². The van der Waals surface area contributed by atoms with Gasteiger partial charge in [0.1, 0.15) is 29.1 Å². The van der Waals surface area contributed by atoms with Gasteiger partial charge in [-0.1, -0.05) is 30.0 Å². The average Bonchev–Trinajstić information content (AvgIpc) is 3.25. The van der Waals surface area contributed by atoms with Crippen LogP contribution in [0.5, 0.6) is 17.2 Å². The van der Waals surface area contributed by atoms with Gasteiger partial charge in [0.2, 0.25) is 22.2 Å². The van der Waals surface area contributed by atoms with Crippen LogP contribution >= 0.6 is 23.1 Å². The summed E-state index contributed by atoms with van der Waals surface area (Å²) < 4.78 is 21.5. The Morgan fingerprint density at radius 2 is 1.97 bits per heavy atom. The van der Waals surface area contributed by atoms with Gasteiger partial charge in [-0.3, -0.25) is 9.59 Å². The summed E-state index contributed by atoms with van der Waals surface area (Å²) in [6, 6.07) is 5.83. The molecule has 0 aliphatic heterocycles. The number of nitrogens with zero attached hydrogens (tertiary/aromatic N) is 2. The summed E-state index contributed by atoms with van der Waals surface area (Å²) in [7, 11) is 2.90. The number of esters is 1. The molecule has 0 fully saturated rings. The van der Waals surface area contributed by atoms with Crippen molar-refractivity contribution < 1.29 is 28.2 Å². The molecule has 0 saturated carbocycles. The number of hydrogen-bond acceptors (Lipinski definition) is 11. The molecule has 1 aromatic carbocycles. The Hall–Kier alpha value is -3.38. The third kappa shape index (κ3) is 5.86. The smallest absolute Gasteiger partial charge is 0.347 e. The normalized spacial score (nSPS) is 10.5. The predicted molar refractivity (Wildman–Crippen MR) is 118 cm³/mol. The maximum atomic E-state index is 12.5. The van der Waals surface area contributed by atoms with Crippen molar-refractivity contribution in [1.29, 1.82) is 0 Å². The van der Waals surface area contributed by atoms with Crippen molar-refractivity contribution in [1.82, 2.24) is 10.2 Å². The molecular formula is C20H19N3O7S2. The quantitative estimate of drug-likeness (QED) is 0.278. The Kier molecular flexibility index (Phi) is 7.84. The monoisotopic (exact) mass is 477 g/mol. The highest BCUT2D eigenvalue weighted by atomic mass is 32.2. The average molecular weight is 478 g/mol. The Morgan fingerprint density at radius 1 is 1.16 bits per heavy atom. The fraction of sp³-hybridized carbons (Fsp3) is 0.250. The van der Waals surface area contributed by atoms with Crippen LogP contribution in [0.25, 0.3) is 0 Å². The van der Waals surface area contributed by atoms with Gasteiger partial charge in [0, 0.05) is 18.6 Å². The van der Waals surface area contributed by atoms with E-state index in [0.717, 1.165) is 6.26 Å². The lowest BCUT2D eigenvalue weighted by atomic mass is 10.2. The molecule has 0 atom stereocenters. The van der Waals surface area contributed by atoms with Crippen molar-refractivity contribution in [2.45, 2.75) is 23.4 Å². The van der Waals surface area contributed by atoms with E-state index in [0.29, 0.717) is 33.2 Å². The molecule has 0 bridgehead atoms. The molecule has 1 N–H and O–H groups in total. The van der Waals surface area contributed by atoms with Crippen molar-refractivity contribution in [3.63, 3.8) is 0 Å². The number of ether oxygens (including phenoxy) is 3. The van der Waals surface area contributed by atoms with Crippen molar-refractivity contribution in [2.24, 2.45) is 0 Å². The van der Waals surface area contributed by atoms with Crippen LogP contribution in [0, 0.1) is 0 Å². The van der Waals surface area contributed by atoms with E-state index in [4.69, 9.17) is 18.6 Å². The molecule has 0 saturated heterocycles. The highest BCUT2D eigenvalue weighted by molar-refractivity contribution is 8.00. The number of nitrogens with one attached hydrogen (secondary N) is 1. The summed E-state index contributed by atoms with van der Waals surface area (Å²) >= 11 is 2.50. The molecule has 0 radical (unpaired) electrons. The standard InChI is InChI=1S/C20H19N3O7S2/c1-4-17(25)21-19-22-23-20(32-19)31-10-12-7-14(24)16(9-29-12)30-18(26)13-6-5-11(27-2)8-15(13)28-3/h5-9H,4,10H2,1-3H3,(H,21,22,25). The zero-order valence-corrected chi connectivity index (χ0v) is 19.0. The van der Waals surface area contributed by atoms with Gasteiger partial charge in [0.25, 0.3) is 0 Å². The molecule has 3 rings (SSSR count). The molecule has 10 nitrogen and oxygen atoms in total. The molecule has 2 aromatic heterocycles. The van der Waals surface area contributed by atoms with E-state index >= 15 is 0 Å². The molecule has 0 aliphatic rings. The Labute approximate surface area is 190 Å². The minimum atomic E-state index is -0.769. The first kappa shape index (κ1) is 23.3. The molecule has 2 heterocycles. The topological polar surface area (TPSA) is 130 Å². The number of benzene rings is 1. The third-order valence-electron chi connectivity index (χ3n) is 4.00. The fourth-order valence-corrected chi connectivity index (χ4v) is 4.03. The van der Waals surface area contributed by atoms with Crippen LogP contribution in [0.2, 0.25) is 0 Å². The molecular weight excluding hydrogens is 458 g/mol. The van der Waals surface area contributed by atoms with Crippen LogP contribution in [-0.4, -0.2) is 36.3 Å². The van der Waals surface area contributed by atoms with E-state index < -0.39 is 11.4 Å². The Balaban J connectivity index is 1.64. The van der Waals surface area contributed by atoms with Crippen molar-refractivity contribution in [2.75, 3.05) is 19.5 Å². The number of rotatable bonds is 9. The number of carbonyl (C=O) groups excluding carboxylic acids is 2. The van der Waals surface area contributed by atoms with Crippen LogP contribution in [0.3, 0.4) is 0 Å². The number of carbonyl (C=O) groups is 2. The number of methoxy groups -OCH3 is 2. The van der Waals surface area contributed by atoms with Gasteiger partial charge >= 0.3 is 5.97 Å². The van der Waals surface area contributed by atoms with Crippen LogP contribution in [0.4, 0.5) is 5.13 Å². The van der Waals surface area contributed by atoms with E-state index in [-0.39, 0.29) is 23.0 Å². The zero-order chi connectivity index (χ0) is 23.1. The van der Waals surface area contributed by atoms with Crippen molar-refractivity contribution in [3.8, 4) is 17.2 Å². The first-order valence-electron chi connectivity index (χ1n) is 9.25. The molecule has 1 amide bonds. The van der Waals surface area contributed by atoms with Gasteiger partial charge in [-0.25, -0.2) is 4.79 Å². The van der Waals surface area contributed by atoms with E-state index in [2.05, 4.69) is 15.5 Å². The molecule has 12 heteroatoms. The number of hydrogen-bond donors (Lipinski definition) is 1. The highest BCUT2D eigenvalue weighted by Crippen LogP contribution is 2.29. The van der Waals surface area contributed by atoms with Gasteiger partial charge in [-0.05, 0) is 12.1 Å². The van der Waals surface area contributed by atoms with Crippen LogP contribution in [0.15, 0.2) is 44.1 Å². The molecule has 0 spiro atoms. The summed E-state index contributed by atoms with van der Waals surface area (Å²) in [6.45, 7) is 1.74. The lowest BCUT2D eigenvalue weighted by molar-refractivity contribution is -0.115. The van der Waals surface area contributed by atoms with E-state index in [1.54, 1.807) is 13.0 Å². The summed E-state index contributed by atoms with van der Waals surface area (Å²) in [5.41, 5.74) is -0.379. The van der Waals surface area contributed by atoms with Gasteiger partial charge in [-0.2, -0.15) is 0 Å². The number of anilines is 1. The van der Waals surface area contributed by atoms with Crippen molar-refractivity contribution in [3.05, 3.63) is 52.1 Å². The summed E-state index contributed by atoms with van der Waals surface area (Å²) in [5, 5.41) is 10.9. The maximum absolute atomic E-state index is 12.5. The molecule has 0 unspecified atom stereocenters. The molecule has 168 valence electrons. The van der Waals surface area contributed by atoms with Crippen LogP contribution < -0.4 is 25.0 Å². The summed E-state index contributed by atoms with van der Waals surface area (Å²) in [6.07, 6.45) is 1.43. The second kappa shape index (κ2) is 10.8. The molecule has 0 aliphatic carbocycles. The lowest BCUT2D eigenvalue weighted by Crippen LogP contribution is -2.15. The zero-order valence-electron chi connectivity index (χ0n) is 17.4. The second-order valence-electron chi connectivity index (χ2n) is 6.09. The SMILES string of the molecule is CCC(=O)Nc1nnc(SCc2cc(=O)c(OC(=O)c3ccc(OC)cc3OC)co2)s1. The first-order chi connectivity index (χ1) is 15.4. The minimum Gasteiger partial charge on any atom is -0.497 e. The Bertz CT molecular complexity index is 1180. The molecule has 3 aromatic rings. The summed E-state index contributed by atoms with van der Waals surface area (Å²) in [5.74, 6) is 0.244. The van der Waals surface area contributed by atoms with Gasteiger partial charge in [0.05, 0.1) is 20.0 Å². The van der Waals surface area contributed by atoms with Crippen LogP contribution in [0.1, 0.15) is 29.5 Å². The third-order valence-corrected chi connectivity index (χ3v) is 5.99. The minimum absolute atomic E-state index is 0.134.